The summed E-state index contributed by atoms with van der Waals surface area (Å²) in [5, 5.41) is 28.6. The van der Waals surface area contributed by atoms with E-state index in [0.29, 0.717) is 22.3 Å². The SMILES string of the molecule is COC(=O)Cc1cc(O)cc(O)c1-c1cccc(C=CC(=O)O)c1. The number of aliphatic carboxylic acids is 1. The lowest BCUT2D eigenvalue weighted by molar-refractivity contribution is -0.139. The monoisotopic (exact) mass is 328 g/mol. The van der Waals surface area contributed by atoms with E-state index in [4.69, 9.17) is 5.11 Å². The van der Waals surface area contributed by atoms with E-state index in [2.05, 4.69) is 4.74 Å². The third-order valence-electron chi connectivity index (χ3n) is 3.34. The van der Waals surface area contributed by atoms with Crippen molar-refractivity contribution in [3.8, 4) is 22.6 Å². The topological polar surface area (TPSA) is 104 Å². The van der Waals surface area contributed by atoms with E-state index in [-0.39, 0.29) is 17.9 Å². The minimum Gasteiger partial charge on any atom is -0.508 e. The summed E-state index contributed by atoms with van der Waals surface area (Å²) in [6.07, 6.45) is 2.30. The first-order valence-electron chi connectivity index (χ1n) is 7.04. The highest BCUT2D eigenvalue weighted by Crippen LogP contribution is 2.37. The Morgan fingerprint density at radius 3 is 2.58 bits per heavy atom. The molecule has 124 valence electrons. The number of carboxylic acid groups (broad SMARTS) is 1. The van der Waals surface area contributed by atoms with Crippen molar-refractivity contribution in [2.24, 2.45) is 0 Å². The van der Waals surface area contributed by atoms with E-state index in [9.17, 15) is 19.8 Å². The smallest absolute Gasteiger partial charge is 0.328 e. The number of hydrogen-bond acceptors (Lipinski definition) is 5. The molecule has 0 unspecified atom stereocenters. The number of carbonyl (C=O) groups excluding carboxylic acids is 1. The van der Waals surface area contributed by atoms with Gasteiger partial charge in [-0.2, -0.15) is 0 Å². The minimum absolute atomic E-state index is 0.122. The van der Waals surface area contributed by atoms with Crippen molar-refractivity contribution in [1.82, 2.24) is 0 Å². The molecule has 0 fully saturated rings. The average molecular weight is 328 g/mol. The van der Waals surface area contributed by atoms with E-state index in [0.717, 1.165) is 6.08 Å². The lowest BCUT2D eigenvalue weighted by Crippen LogP contribution is -2.05. The third-order valence-corrected chi connectivity index (χ3v) is 3.34. The van der Waals surface area contributed by atoms with Gasteiger partial charge in [0.2, 0.25) is 0 Å². The predicted molar refractivity (Wildman–Crippen MR) is 87.6 cm³/mol. The first-order chi connectivity index (χ1) is 11.4. The van der Waals surface area contributed by atoms with E-state index in [1.807, 2.05) is 0 Å². The van der Waals surface area contributed by atoms with Crippen molar-refractivity contribution in [2.75, 3.05) is 7.11 Å². The molecule has 0 radical (unpaired) electrons. The maximum absolute atomic E-state index is 11.6. The van der Waals surface area contributed by atoms with Crippen molar-refractivity contribution < 1.29 is 29.6 Å². The molecule has 24 heavy (non-hydrogen) atoms. The van der Waals surface area contributed by atoms with Crippen molar-refractivity contribution in [3.05, 3.63) is 53.6 Å². The molecule has 0 heterocycles. The maximum Gasteiger partial charge on any atom is 0.328 e. The second-order valence-electron chi connectivity index (χ2n) is 5.05. The van der Waals surface area contributed by atoms with Crippen LogP contribution in [0.4, 0.5) is 0 Å². The number of phenols is 2. The Labute approximate surface area is 138 Å². The number of hydrogen-bond donors (Lipinski definition) is 3. The molecule has 0 aliphatic heterocycles. The van der Waals surface area contributed by atoms with Gasteiger partial charge in [-0.1, -0.05) is 18.2 Å². The van der Waals surface area contributed by atoms with E-state index in [1.54, 1.807) is 24.3 Å². The highest BCUT2D eigenvalue weighted by molar-refractivity contribution is 5.86. The van der Waals surface area contributed by atoms with E-state index in [1.165, 1.54) is 25.3 Å². The lowest BCUT2D eigenvalue weighted by Gasteiger charge is -2.12. The van der Waals surface area contributed by atoms with E-state index < -0.39 is 11.9 Å². The standard InChI is InChI=1S/C18H16O6/c1-24-17(23)9-13-8-14(19)10-15(20)18(13)12-4-2-3-11(7-12)5-6-16(21)22/h2-8,10,19-20H,9H2,1H3,(H,21,22). The van der Waals surface area contributed by atoms with Gasteiger partial charge >= 0.3 is 11.9 Å². The summed E-state index contributed by atoms with van der Waals surface area (Å²) in [6, 6.07) is 9.35. The van der Waals surface area contributed by atoms with Crippen LogP contribution in [-0.4, -0.2) is 34.4 Å². The summed E-state index contributed by atoms with van der Waals surface area (Å²) >= 11 is 0. The molecule has 2 aromatic carbocycles. The Bertz CT molecular complexity index is 807. The molecule has 0 aliphatic carbocycles. The summed E-state index contributed by atoms with van der Waals surface area (Å²) in [6.45, 7) is 0. The van der Waals surface area contributed by atoms with Gasteiger partial charge in [0.15, 0.2) is 0 Å². The van der Waals surface area contributed by atoms with Crippen LogP contribution in [0.15, 0.2) is 42.5 Å². The normalized spacial score (nSPS) is 10.7. The molecular weight excluding hydrogens is 312 g/mol. The van der Waals surface area contributed by atoms with E-state index >= 15 is 0 Å². The Kier molecular flexibility index (Phi) is 5.21. The zero-order valence-electron chi connectivity index (χ0n) is 12.9. The van der Waals surface area contributed by atoms with Gasteiger partial charge in [0.1, 0.15) is 11.5 Å². The number of methoxy groups -OCH3 is 1. The van der Waals surface area contributed by atoms with Crippen molar-refractivity contribution in [2.45, 2.75) is 6.42 Å². The van der Waals surface area contributed by atoms with Crippen LogP contribution >= 0.6 is 0 Å². The molecule has 0 atom stereocenters. The van der Waals surface area contributed by atoms with Gasteiger partial charge in [-0.15, -0.1) is 0 Å². The zero-order chi connectivity index (χ0) is 17.7. The van der Waals surface area contributed by atoms with Gasteiger partial charge in [0, 0.05) is 17.7 Å². The molecule has 0 spiro atoms. The molecule has 0 saturated carbocycles. The Morgan fingerprint density at radius 1 is 1.17 bits per heavy atom. The maximum atomic E-state index is 11.6. The Morgan fingerprint density at radius 2 is 1.92 bits per heavy atom. The van der Waals surface area contributed by atoms with Crippen molar-refractivity contribution >= 4 is 18.0 Å². The van der Waals surface area contributed by atoms with Crippen LogP contribution in [0.5, 0.6) is 11.5 Å². The highest BCUT2D eigenvalue weighted by atomic mass is 16.5. The molecule has 0 aliphatic rings. The van der Waals surface area contributed by atoms with Crippen LogP contribution in [0.2, 0.25) is 0 Å². The lowest BCUT2D eigenvalue weighted by atomic mass is 9.95. The zero-order valence-corrected chi connectivity index (χ0v) is 12.9. The van der Waals surface area contributed by atoms with Crippen LogP contribution < -0.4 is 0 Å². The fourth-order valence-corrected chi connectivity index (χ4v) is 2.33. The van der Waals surface area contributed by atoms with Crippen molar-refractivity contribution in [1.29, 1.82) is 0 Å². The predicted octanol–water partition coefficient (Wildman–Crippen LogP) is 2.58. The number of benzene rings is 2. The second kappa shape index (κ2) is 7.32. The number of ether oxygens (including phenoxy) is 1. The quantitative estimate of drug-likeness (QED) is 0.576. The van der Waals surface area contributed by atoms with Gasteiger partial charge in [0.25, 0.3) is 0 Å². The van der Waals surface area contributed by atoms with Gasteiger partial charge in [0.05, 0.1) is 13.5 Å². The number of esters is 1. The van der Waals surface area contributed by atoms with Crippen LogP contribution in [0.25, 0.3) is 17.2 Å². The number of carbonyl (C=O) groups is 2. The Balaban J connectivity index is 2.53. The van der Waals surface area contributed by atoms with Crippen LogP contribution in [0.3, 0.4) is 0 Å². The molecular formula is C18H16O6. The average Bonchev–Trinajstić information content (AvgIpc) is 2.52. The molecule has 6 heteroatoms. The molecule has 2 aromatic rings. The minimum atomic E-state index is -1.07. The van der Waals surface area contributed by atoms with Gasteiger partial charge in [-0.3, -0.25) is 4.79 Å². The summed E-state index contributed by atoms with van der Waals surface area (Å²) in [4.78, 5) is 22.2. The van der Waals surface area contributed by atoms with Crippen LogP contribution in [0, 0.1) is 0 Å². The van der Waals surface area contributed by atoms with Gasteiger partial charge in [-0.05, 0) is 34.9 Å². The van der Waals surface area contributed by atoms with Gasteiger partial charge in [-0.25, -0.2) is 4.79 Å². The molecule has 3 N–H and O–H groups in total. The van der Waals surface area contributed by atoms with Crippen LogP contribution in [-0.2, 0) is 20.7 Å². The number of carboxylic acids is 1. The molecule has 0 saturated heterocycles. The first-order valence-corrected chi connectivity index (χ1v) is 7.04. The molecule has 0 bridgehead atoms. The summed E-state index contributed by atoms with van der Waals surface area (Å²) in [5.41, 5.74) is 1.98. The third kappa shape index (κ3) is 4.13. The fourth-order valence-electron chi connectivity index (χ4n) is 2.33. The number of phenolic OH excluding ortho intramolecular Hbond substituents is 2. The first kappa shape index (κ1) is 17.1. The molecule has 0 amide bonds. The van der Waals surface area contributed by atoms with Crippen LogP contribution in [0.1, 0.15) is 11.1 Å². The Hall–Kier alpha value is -3.28. The number of rotatable bonds is 5. The molecule has 0 aromatic heterocycles. The summed E-state index contributed by atoms with van der Waals surface area (Å²) in [7, 11) is 1.25. The number of aromatic hydroxyl groups is 2. The highest BCUT2D eigenvalue weighted by Gasteiger charge is 2.16. The summed E-state index contributed by atoms with van der Waals surface area (Å²) < 4.78 is 4.63. The summed E-state index contributed by atoms with van der Waals surface area (Å²) in [5.74, 6) is -1.94. The fraction of sp³-hybridized carbons (Fsp3) is 0.111. The largest absolute Gasteiger partial charge is 0.508 e. The van der Waals surface area contributed by atoms with Crippen molar-refractivity contribution in [3.63, 3.8) is 0 Å². The van der Waals surface area contributed by atoms with Gasteiger partial charge < -0.3 is 20.1 Å². The second-order valence-corrected chi connectivity index (χ2v) is 5.05. The molecule has 6 nitrogen and oxygen atoms in total. The molecule has 2 rings (SSSR count).